The predicted molar refractivity (Wildman–Crippen MR) is 128 cm³/mol. The lowest BCUT2D eigenvalue weighted by Crippen LogP contribution is -2.29. The van der Waals surface area contributed by atoms with Gasteiger partial charge >= 0.3 is 0 Å². The molecule has 5 rings (SSSR count). The number of aliphatic hydroxyl groups excluding tert-OH is 1. The predicted octanol–water partition coefficient (Wildman–Crippen LogP) is 5.47. The standard InChI is InChI=1S/C28H21NO4/c1-33-21-16-14-19(15-17-21)25-24(27(31)28(32)29(25)20-10-3-2-4-11-20)26(30)23-13-7-9-18-8-5-6-12-22(18)23/h2-17,25,30H,1H3/b26-24-. The van der Waals surface area contributed by atoms with Crippen LogP contribution in [0.3, 0.4) is 0 Å². The van der Waals surface area contributed by atoms with Crippen molar-refractivity contribution in [3.05, 3.63) is 114 Å². The van der Waals surface area contributed by atoms with Crippen LogP contribution in [0.5, 0.6) is 5.75 Å². The van der Waals surface area contributed by atoms with E-state index in [1.807, 2.05) is 66.7 Å². The molecule has 0 bridgehead atoms. The molecule has 1 fully saturated rings. The largest absolute Gasteiger partial charge is 0.507 e. The average Bonchev–Trinajstić information content (AvgIpc) is 3.14. The first-order chi connectivity index (χ1) is 16.1. The number of ketones is 1. The summed E-state index contributed by atoms with van der Waals surface area (Å²) >= 11 is 0. The number of benzene rings is 4. The Morgan fingerprint density at radius 3 is 2.21 bits per heavy atom. The van der Waals surface area contributed by atoms with Crippen LogP contribution in [-0.2, 0) is 9.59 Å². The molecule has 1 aliphatic rings. The molecule has 1 unspecified atom stereocenters. The molecule has 1 heterocycles. The van der Waals surface area contributed by atoms with Gasteiger partial charge in [-0.05, 0) is 40.6 Å². The minimum atomic E-state index is -0.780. The second kappa shape index (κ2) is 8.28. The highest BCUT2D eigenvalue weighted by Gasteiger charge is 2.47. The smallest absolute Gasteiger partial charge is 0.300 e. The van der Waals surface area contributed by atoms with Crippen LogP contribution < -0.4 is 9.64 Å². The van der Waals surface area contributed by atoms with Gasteiger partial charge in [-0.25, -0.2) is 0 Å². The molecule has 5 heteroatoms. The molecule has 1 atom stereocenters. The van der Waals surface area contributed by atoms with Crippen LogP contribution in [0.15, 0.2) is 103 Å². The first-order valence-electron chi connectivity index (χ1n) is 10.6. The van der Waals surface area contributed by atoms with Gasteiger partial charge in [-0.2, -0.15) is 0 Å². The van der Waals surface area contributed by atoms with Crippen molar-refractivity contribution >= 4 is 33.9 Å². The van der Waals surface area contributed by atoms with Crippen molar-refractivity contribution in [2.45, 2.75) is 6.04 Å². The maximum absolute atomic E-state index is 13.3. The van der Waals surface area contributed by atoms with Crippen LogP contribution in [0, 0.1) is 0 Å². The zero-order chi connectivity index (χ0) is 22.9. The highest BCUT2D eigenvalue weighted by atomic mass is 16.5. The Kier molecular flexibility index (Phi) is 5.15. The molecule has 0 radical (unpaired) electrons. The molecular weight excluding hydrogens is 414 g/mol. The number of hydrogen-bond acceptors (Lipinski definition) is 4. The van der Waals surface area contributed by atoms with Gasteiger partial charge in [0, 0.05) is 11.3 Å². The Bertz CT molecular complexity index is 1390. The van der Waals surface area contributed by atoms with Crippen LogP contribution in [0.25, 0.3) is 16.5 Å². The van der Waals surface area contributed by atoms with E-state index >= 15 is 0 Å². The van der Waals surface area contributed by atoms with Gasteiger partial charge in [0.1, 0.15) is 11.5 Å². The van der Waals surface area contributed by atoms with Crippen molar-refractivity contribution in [2.24, 2.45) is 0 Å². The van der Waals surface area contributed by atoms with Crippen LogP contribution >= 0.6 is 0 Å². The van der Waals surface area contributed by atoms with E-state index in [2.05, 4.69) is 0 Å². The van der Waals surface area contributed by atoms with Crippen molar-refractivity contribution < 1.29 is 19.4 Å². The number of aliphatic hydroxyl groups is 1. The van der Waals surface area contributed by atoms with Crippen molar-refractivity contribution in [1.82, 2.24) is 0 Å². The Hall–Kier alpha value is -4.38. The number of rotatable bonds is 4. The molecule has 1 saturated heterocycles. The van der Waals surface area contributed by atoms with Gasteiger partial charge < -0.3 is 9.84 Å². The van der Waals surface area contributed by atoms with Gasteiger partial charge in [0.2, 0.25) is 0 Å². The molecule has 4 aromatic carbocycles. The number of carbonyl (C=O) groups excluding carboxylic acids is 2. The van der Waals surface area contributed by atoms with E-state index in [-0.39, 0.29) is 11.3 Å². The topological polar surface area (TPSA) is 66.8 Å². The lowest BCUT2D eigenvalue weighted by Gasteiger charge is -2.25. The lowest BCUT2D eigenvalue weighted by molar-refractivity contribution is -0.132. The van der Waals surface area contributed by atoms with Gasteiger partial charge in [0.15, 0.2) is 0 Å². The van der Waals surface area contributed by atoms with Gasteiger partial charge in [0.05, 0.1) is 18.7 Å². The van der Waals surface area contributed by atoms with Crippen molar-refractivity contribution in [2.75, 3.05) is 12.0 Å². The molecule has 162 valence electrons. The van der Waals surface area contributed by atoms with E-state index in [1.54, 1.807) is 37.4 Å². The van der Waals surface area contributed by atoms with Crippen molar-refractivity contribution in [1.29, 1.82) is 0 Å². The number of methoxy groups -OCH3 is 1. The molecule has 0 aliphatic carbocycles. The summed E-state index contributed by atoms with van der Waals surface area (Å²) in [4.78, 5) is 28.0. The highest BCUT2D eigenvalue weighted by Crippen LogP contribution is 2.43. The molecule has 5 nitrogen and oxygen atoms in total. The third-order valence-electron chi connectivity index (χ3n) is 5.96. The summed E-state index contributed by atoms with van der Waals surface area (Å²) in [6.07, 6.45) is 0. The average molecular weight is 435 g/mol. The Morgan fingerprint density at radius 1 is 0.818 bits per heavy atom. The number of carbonyl (C=O) groups is 2. The summed E-state index contributed by atoms with van der Waals surface area (Å²) in [5.41, 5.74) is 1.85. The fourth-order valence-electron chi connectivity index (χ4n) is 4.37. The molecule has 33 heavy (non-hydrogen) atoms. The van der Waals surface area contributed by atoms with Gasteiger partial charge in [0.25, 0.3) is 11.7 Å². The lowest BCUT2D eigenvalue weighted by atomic mass is 9.93. The summed E-state index contributed by atoms with van der Waals surface area (Å²) in [6, 6.07) is 28.6. The highest BCUT2D eigenvalue weighted by molar-refractivity contribution is 6.51. The summed E-state index contributed by atoms with van der Waals surface area (Å²) in [6.45, 7) is 0. The summed E-state index contributed by atoms with van der Waals surface area (Å²) < 4.78 is 5.27. The third kappa shape index (κ3) is 3.44. The first kappa shape index (κ1) is 20.5. The molecule has 0 aromatic heterocycles. The summed E-state index contributed by atoms with van der Waals surface area (Å²) in [7, 11) is 1.57. The number of nitrogens with zero attached hydrogens (tertiary/aromatic N) is 1. The first-order valence-corrected chi connectivity index (χ1v) is 10.6. The van der Waals surface area contributed by atoms with E-state index in [0.29, 0.717) is 22.6 Å². The molecule has 1 amide bonds. The van der Waals surface area contributed by atoms with E-state index in [4.69, 9.17) is 4.74 Å². The van der Waals surface area contributed by atoms with Gasteiger partial charge in [-0.1, -0.05) is 72.8 Å². The second-order valence-electron chi connectivity index (χ2n) is 7.80. The van der Waals surface area contributed by atoms with Crippen LogP contribution in [0.4, 0.5) is 5.69 Å². The van der Waals surface area contributed by atoms with E-state index in [0.717, 1.165) is 10.8 Å². The monoisotopic (exact) mass is 435 g/mol. The Morgan fingerprint density at radius 2 is 1.48 bits per heavy atom. The quantitative estimate of drug-likeness (QED) is 0.262. The van der Waals surface area contributed by atoms with E-state index < -0.39 is 17.7 Å². The number of para-hydroxylation sites is 1. The number of ether oxygens (including phenoxy) is 1. The van der Waals surface area contributed by atoms with Gasteiger partial charge in [-0.15, -0.1) is 0 Å². The van der Waals surface area contributed by atoms with E-state index in [9.17, 15) is 14.7 Å². The number of hydrogen-bond donors (Lipinski definition) is 1. The van der Waals surface area contributed by atoms with Crippen LogP contribution in [0.2, 0.25) is 0 Å². The number of fused-ring (bicyclic) bond motifs is 1. The summed E-state index contributed by atoms with van der Waals surface area (Å²) in [5.74, 6) is -0.928. The van der Waals surface area contributed by atoms with Crippen LogP contribution in [0.1, 0.15) is 17.2 Å². The van der Waals surface area contributed by atoms with Crippen molar-refractivity contribution in [3.8, 4) is 5.75 Å². The maximum Gasteiger partial charge on any atom is 0.300 e. The minimum absolute atomic E-state index is 0.0605. The molecule has 4 aromatic rings. The second-order valence-corrected chi connectivity index (χ2v) is 7.80. The number of Topliss-reactive ketones (excluding diaryl/α,β-unsaturated/α-hetero) is 1. The zero-order valence-corrected chi connectivity index (χ0v) is 17.9. The normalized spacial score (nSPS) is 17.5. The molecule has 0 spiro atoms. The minimum Gasteiger partial charge on any atom is -0.507 e. The fourth-order valence-corrected chi connectivity index (χ4v) is 4.37. The van der Waals surface area contributed by atoms with Crippen molar-refractivity contribution in [3.63, 3.8) is 0 Å². The van der Waals surface area contributed by atoms with Crippen LogP contribution in [-0.4, -0.2) is 23.9 Å². The fraction of sp³-hybridized carbons (Fsp3) is 0.0714. The zero-order valence-electron chi connectivity index (χ0n) is 17.9. The molecule has 1 aliphatic heterocycles. The molecule has 1 N–H and O–H groups in total. The van der Waals surface area contributed by atoms with Gasteiger partial charge in [-0.3, -0.25) is 14.5 Å². The maximum atomic E-state index is 13.3. The number of anilines is 1. The molecular formula is C28H21NO4. The van der Waals surface area contributed by atoms with E-state index in [1.165, 1.54) is 4.90 Å². The number of amides is 1. The molecule has 0 saturated carbocycles. The Labute approximate surface area is 191 Å². The summed E-state index contributed by atoms with van der Waals surface area (Å²) in [5, 5.41) is 13.2. The Balaban J connectivity index is 1.76. The SMILES string of the molecule is COc1ccc(C2/C(=C(/O)c3cccc4ccccc34)C(=O)C(=O)N2c2ccccc2)cc1. The third-order valence-corrected chi connectivity index (χ3v) is 5.96.